The molecule has 0 bridgehead atoms. The molecule has 0 aromatic rings. The Hall–Kier alpha value is -0.850. The van der Waals surface area contributed by atoms with E-state index in [1.165, 1.54) is 0 Å². The lowest BCUT2D eigenvalue weighted by Crippen LogP contribution is -1.56. The van der Waals surface area contributed by atoms with Gasteiger partial charge in [-0.3, -0.25) is 4.99 Å². The van der Waals surface area contributed by atoms with Crippen molar-refractivity contribution in [2.24, 2.45) is 4.99 Å². The first-order valence-corrected chi connectivity index (χ1v) is 4.71. The summed E-state index contributed by atoms with van der Waals surface area (Å²) in [6, 6.07) is 0. The molecule has 0 atom stereocenters. The van der Waals surface area contributed by atoms with Gasteiger partial charge in [0.05, 0.1) is 0 Å². The van der Waals surface area contributed by atoms with Crippen molar-refractivity contribution < 1.29 is 0 Å². The van der Waals surface area contributed by atoms with Crippen molar-refractivity contribution in [3.05, 3.63) is 24.9 Å². The lowest BCUT2D eigenvalue weighted by Gasteiger charge is -1.72. The Balaban J connectivity index is -0.000000175. The van der Waals surface area contributed by atoms with E-state index < -0.39 is 0 Å². The van der Waals surface area contributed by atoms with Gasteiger partial charge in [-0.15, -0.1) is 0 Å². The Kier molecular flexibility index (Phi) is 46.2. The van der Waals surface area contributed by atoms with Gasteiger partial charge in [0, 0.05) is 12.4 Å². The fourth-order valence-corrected chi connectivity index (χ4v) is 0.277. The quantitative estimate of drug-likeness (QED) is 0.561. The lowest BCUT2D eigenvalue weighted by molar-refractivity contribution is 1.21. The molecule has 0 aliphatic rings. The van der Waals surface area contributed by atoms with Gasteiger partial charge in [-0.2, -0.15) is 0 Å². The fraction of sp³-hybridized carbons (Fsp3) is 0.545. The summed E-state index contributed by atoms with van der Waals surface area (Å²) in [7, 11) is 0. The summed E-state index contributed by atoms with van der Waals surface area (Å²) in [5.41, 5.74) is 0. The van der Waals surface area contributed by atoms with Crippen molar-refractivity contribution in [2.45, 2.75) is 41.0 Å². The largest absolute Gasteiger partial charge is 0.265 e. The minimum atomic E-state index is 1.04. The first-order chi connectivity index (χ1) is 5.91. The summed E-state index contributed by atoms with van der Waals surface area (Å²) >= 11 is 0. The zero-order valence-corrected chi connectivity index (χ0v) is 9.17. The molecule has 0 radical (unpaired) electrons. The molecule has 0 aromatic heterocycles. The van der Waals surface area contributed by atoms with E-state index in [9.17, 15) is 0 Å². The first-order valence-electron chi connectivity index (χ1n) is 4.71. The minimum absolute atomic E-state index is 1.04. The Labute approximate surface area is 77.9 Å². The van der Waals surface area contributed by atoms with Crippen LogP contribution in [0.25, 0.3) is 0 Å². The Morgan fingerprint density at radius 2 is 1.67 bits per heavy atom. The maximum absolute atomic E-state index is 3.86. The van der Waals surface area contributed by atoms with Gasteiger partial charge in [0.25, 0.3) is 0 Å². The third-order valence-electron chi connectivity index (χ3n) is 0.619. The van der Waals surface area contributed by atoms with Crippen molar-refractivity contribution >= 4 is 6.21 Å². The second-order valence-electron chi connectivity index (χ2n) is 1.33. The highest BCUT2D eigenvalue weighted by Crippen LogP contribution is 1.78. The average Bonchev–Trinajstić information content (AvgIpc) is 2.19. The summed E-state index contributed by atoms with van der Waals surface area (Å²) in [6.07, 6.45) is 8.10. The summed E-state index contributed by atoms with van der Waals surface area (Å²) in [5, 5.41) is 0. The standard InChI is InChI=1S/C7H11N.2C2H6/c1-3-5-7-8-6-4-2;2*1-2/h4-7H,2-3H2,1H3;2*1-2H3/b7-5-,8-6?;;. The summed E-state index contributed by atoms with van der Waals surface area (Å²) in [4.78, 5) is 3.86. The molecule has 0 rings (SSSR count). The number of hydrogen-bond donors (Lipinski definition) is 0. The van der Waals surface area contributed by atoms with Crippen LogP contribution in [0.1, 0.15) is 41.0 Å². The van der Waals surface area contributed by atoms with Gasteiger partial charge in [0.1, 0.15) is 0 Å². The molecule has 0 aliphatic heterocycles. The van der Waals surface area contributed by atoms with Crippen LogP contribution in [-0.2, 0) is 0 Å². The van der Waals surface area contributed by atoms with Gasteiger partial charge in [0.2, 0.25) is 0 Å². The highest BCUT2D eigenvalue weighted by atomic mass is 14.6. The first kappa shape index (κ1) is 17.3. The van der Waals surface area contributed by atoms with Gasteiger partial charge < -0.3 is 0 Å². The molecule has 0 heterocycles. The summed E-state index contributed by atoms with van der Waals surface area (Å²) in [6.45, 7) is 13.5. The van der Waals surface area contributed by atoms with Crippen LogP contribution in [-0.4, -0.2) is 6.21 Å². The highest BCUT2D eigenvalue weighted by molar-refractivity contribution is 5.70. The minimum Gasteiger partial charge on any atom is -0.265 e. The van der Waals surface area contributed by atoms with Crippen molar-refractivity contribution in [2.75, 3.05) is 0 Å². The molecule has 0 amide bonds. The molecular weight excluding hydrogens is 146 g/mol. The normalized spacial score (nSPS) is 8.42. The monoisotopic (exact) mass is 169 g/mol. The molecule has 0 saturated carbocycles. The van der Waals surface area contributed by atoms with Crippen LogP contribution in [0.5, 0.6) is 0 Å². The van der Waals surface area contributed by atoms with Gasteiger partial charge in [-0.25, -0.2) is 0 Å². The van der Waals surface area contributed by atoms with E-state index in [4.69, 9.17) is 0 Å². The van der Waals surface area contributed by atoms with Crippen molar-refractivity contribution in [1.82, 2.24) is 0 Å². The maximum atomic E-state index is 3.86. The lowest BCUT2D eigenvalue weighted by atomic mass is 10.5. The number of aliphatic imine (C=N–C) groups is 1. The molecule has 72 valence electrons. The van der Waals surface area contributed by atoms with E-state index in [1.807, 2.05) is 33.8 Å². The molecule has 12 heavy (non-hydrogen) atoms. The predicted molar refractivity (Wildman–Crippen MR) is 60.8 cm³/mol. The van der Waals surface area contributed by atoms with E-state index in [0.29, 0.717) is 0 Å². The molecule has 0 unspecified atom stereocenters. The van der Waals surface area contributed by atoms with Crippen LogP contribution < -0.4 is 0 Å². The van der Waals surface area contributed by atoms with Crippen molar-refractivity contribution in [3.8, 4) is 0 Å². The van der Waals surface area contributed by atoms with E-state index >= 15 is 0 Å². The molecular formula is C11H23N. The number of allylic oxidation sites excluding steroid dienone is 2. The highest BCUT2D eigenvalue weighted by Gasteiger charge is 1.59. The molecule has 0 spiro atoms. The van der Waals surface area contributed by atoms with Crippen LogP contribution >= 0.6 is 0 Å². The molecule has 0 aliphatic carbocycles. The van der Waals surface area contributed by atoms with E-state index in [1.54, 1.807) is 18.5 Å². The van der Waals surface area contributed by atoms with E-state index in [0.717, 1.165) is 6.42 Å². The Morgan fingerprint density at radius 1 is 1.17 bits per heavy atom. The summed E-state index contributed by atoms with van der Waals surface area (Å²) in [5.74, 6) is 0. The van der Waals surface area contributed by atoms with Gasteiger partial charge in [0.15, 0.2) is 0 Å². The molecule has 0 N–H and O–H groups in total. The van der Waals surface area contributed by atoms with E-state index in [2.05, 4.69) is 18.5 Å². The Morgan fingerprint density at radius 3 is 2.00 bits per heavy atom. The van der Waals surface area contributed by atoms with Gasteiger partial charge >= 0.3 is 0 Å². The summed E-state index contributed by atoms with van der Waals surface area (Å²) < 4.78 is 0. The number of rotatable bonds is 3. The topological polar surface area (TPSA) is 12.4 Å². The van der Waals surface area contributed by atoms with Gasteiger partial charge in [-0.05, 0) is 6.42 Å². The zero-order valence-electron chi connectivity index (χ0n) is 9.17. The van der Waals surface area contributed by atoms with Crippen LogP contribution in [0.3, 0.4) is 0 Å². The van der Waals surface area contributed by atoms with Crippen molar-refractivity contribution in [3.63, 3.8) is 0 Å². The fourth-order valence-electron chi connectivity index (χ4n) is 0.277. The van der Waals surface area contributed by atoms with Crippen LogP contribution in [0.2, 0.25) is 0 Å². The van der Waals surface area contributed by atoms with Gasteiger partial charge in [-0.1, -0.05) is 53.3 Å². The third kappa shape index (κ3) is 35.3. The van der Waals surface area contributed by atoms with Crippen LogP contribution in [0.4, 0.5) is 0 Å². The van der Waals surface area contributed by atoms with Crippen molar-refractivity contribution in [1.29, 1.82) is 0 Å². The smallest absolute Gasteiger partial charge is 0.0261 e. The number of hydrogen-bond acceptors (Lipinski definition) is 1. The second kappa shape index (κ2) is 32.0. The average molecular weight is 169 g/mol. The molecule has 0 fully saturated rings. The molecule has 0 aromatic carbocycles. The Bertz CT molecular complexity index is 102. The zero-order chi connectivity index (χ0) is 10.2. The molecule has 1 nitrogen and oxygen atoms in total. The van der Waals surface area contributed by atoms with Crippen LogP contribution in [0, 0.1) is 0 Å². The molecule has 0 saturated heterocycles. The SMILES string of the molecule is C=CC=N/C=C\CC.CC.CC. The predicted octanol–water partition coefficient (Wildman–Crippen LogP) is 4.22. The van der Waals surface area contributed by atoms with E-state index in [-0.39, 0.29) is 0 Å². The van der Waals surface area contributed by atoms with Crippen LogP contribution in [0.15, 0.2) is 29.9 Å². The maximum Gasteiger partial charge on any atom is 0.0261 e. The second-order valence-corrected chi connectivity index (χ2v) is 1.33. The number of nitrogens with zero attached hydrogens (tertiary/aromatic N) is 1. The third-order valence-corrected chi connectivity index (χ3v) is 0.619. The molecule has 1 heteroatoms.